The Morgan fingerprint density at radius 2 is 1.71 bits per heavy atom. The van der Waals surface area contributed by atoms with Crippen LogP contribution in [0.3, 0.4) is 0 Å². The summed E-state index contributed by atoms with van der Waals surface area (Å²) in [7, 11) is 0. The molecular weight excluding hydrogens is 282 g/mol. The van der Waals surface area contributed by atoms with Gasteiger partial charge in [-0.05, 0) is 25.0 Å². The number of amides is 1. The first-order valence-electron chi connectivity index (χ1n) is 6.58. The number of aliphatic carboxylic acids is 1. The van der Waals surface area contributed by atoms with Gasteiger partial charge in [-0.2, -0.15) is 0 Å². The molecule has 0 aliphatic rings. The third-order valence-electron chi connectivity index (χ3n) is 3.43. The highest BCUT2D eigenvalue weighted by molar-refractivity contribution is 5.93. The topological polar surface area (TPSA) is 78.4 Å². The van der Waals surface area contributed by atoms with Gasteiger partial charge in [-0.25, -0.2) is 8.78 Å². The molecule has 1 aromatic rings. The number of anilines is 1. The number of hydrogen-bond donors (Lipinski definition) is 3. The van der Waals surface area contributed by atoms with E-state index in [9.17, 15) is 23.5 Å². The minimum absolute atomic E-state index is 0.278. The van der Waals surface area contributed by atoms with Gasteiger partial charge in [-0.3, -0.25) is 14.9 Å². The molecule has 0 aromatic heterocycles. The number of nitrogens with one attached hydrogen (secondary N) is 2. The second-order valence-corrected chi connectivity index (χ2v) is 4.59. The molecule has 0 fully saturated rings. The average molecular weight is 300 g/mol. The fraction of sp³-hybridized carbons (Fsp3) is 0.429. The molecular formula is C14H18F2N2O3. The monoisotopic (exact) mass is 300 g/mol. The van der Waals surface area contributed by atoms with Crippen LogP contribution in [0.4, 0.5) is 14.5 Å². The minimum Gasteiger partial charge on any atom is -0.480 e. The van der Waals surface area contributed by atoms with Crippen molar-refractivity contribution < 1.29 is 23.5 Å². The molecule has 21 heavy (non-hydrogen) atoms. The lowest BCUT2D eigenvalue weighted by Gasteiger charge is -2.27. The molecule has 0 bridgehead atoms. The van der Waals surface area contributed by atoms with Crippen LogP contribution in [0.5, 0.6) is 0 Å². The largest absolute Gasteiger partial charge is 0.480 e. The Morgan fingerprint density at radius 3 is 2.14 bits per heavy atom. The predicted octanol–water partition coefficient (Wildman–Crippen LogP) is 2.14. The number of halogens is 2. The second kappa shape index (κ2) is 7.12. The molecule has 1 aromatic carbocycles. The Morgan fingerprint density at radius 1 is 1.19 bits per heavy atom. The molecule has 0 aliphatic carbocycles. The normalized spacial score (nSPS) is 11.2. The van der Waals surface area contributed by atoms with Crippen molar-refractivity contribution in [2.24, 2.45) is 0 Å². The molecule has 0 saturated heterocycles. The van der Waals surface area contributed by atoms with Crippen LogP contribution in [0.2, 0.25) is 0 Å². The zero-order valence-corrected chi connectivity index (χ0v) is 11.9. The third-order valence-corrected chi connectivity index (χ3v) is 3.43. The maximum absolute atomic E-state index is 13.4. The smallest absolute Gasteiger partial charge is 0.323 e. The molecule has 0 unspecified atom stereocenters. The molecule has 0 spiro atoms. The summed E-state index contributed by atoms with van der Waals surface area (Å²) < 4.78 is 26.8. The summed E-state index contributed by atoms with van der Waals surface area (Å²) in [6.07, 6.45) is 0.556. The van der Waals surface area contributed by atoms with Gasteiger partial charge in [-0.15, -0.1) is 0 Å². The van der Waals surface area contributed by atoms with Crippen molar-refractivity contribution >= 4 is 17.6 Å². The van der Waals surface area contributed by atoms with Gasteiger partial charge < -0.3 is 10.4 Å². The molecule has 0 radical (unpaired) electrons. The molecule has 116 valence electrons. The molecule has 1 rings (SSSR count). The van der Waals surface area contributed by atoms with E-state index in [2.05, 4.69) is 10.6 Å². The molecule has 5 nitrogen and oxygen atoms in total. The lowest BCUT2D eigenvalue weighted by Crippen LogP contribution is -2.53. The van der Waals surface area contributed by atoms with Crippen molar-refractivity contribution in [3.63, 3.8) is 0 Å². The second-order valence-electron chi connectivity index (χ2n) is 4.59. The molecule has 7 heteroatoms. The Hall–Kier alpha value is -2.02. The summed E-state index contributed by atoms with van der Waals surface area (Å²) in [6.45, 7) is 3.00. The van der Waals surface area contributed by atoms with E-state index in [-0.39, 0.29) is 19.4 Å². The van der Waals surface area contributed by atoms with E-state index in [1.54, 1.807) is 13.8 Å². The summed E-state index contributed by atoms with van der Waals surface area (Å²) in [5.41, 5.74) is -1.77. The van der Waals surface area contributed by atoms with Gasteiger partial charge in [0.15, 0.2) is 0 Å². The third kappa shape index (κ3) is 3.98. The highest BCUT2D eigenvalue weighted by atomic mass is 19.1. The fourth-order valence-electron chi connectivity index (χ4n) is 1.93. The number of hydrogen-bond acceptors (Lipinski definition) is 3. The van der Waals surface area contributed by atoms with Gasteiger partial charge in [0.05, 0.1) is 6.54 Å². The van der Waals surface area contributed by atoms with Gasteiger partial charge in [-0.1, -0.05) is 19.9 Å². The summed E-state index contributed by atoms with van der Waals surface area (Å²) in [5, 5.41) is 13.9. The molecule has 0 saturated carbocycles. The molecule has 3 N–H and O–H groups in total. The number of carbonyl (C=O) groups excluding carboxylic acids is 1. The highest BCUT2D eigenvalue weighted by Gasteiger charge is 2.34. The zero-order chi connectivity index (χ0) is 16.0. The quantitative estimate of drug-likeness (QED) is 0.721. The van der Waals surface area contributed by atoms with Crippen molar-refractivity contribution in [2.75, 3.05) is 11.9 Å². The Bertz CT molecular complexity index is 511. The van der Waals surface area contributed by atoms with Gasteiger partial charge >= 0.3 is 5.97 Å². The standard InChI is InChI=1S/C14H18F2N2O3/c1-3-14(4-2,13(20)21)17-8-11(19)18-12-9(15)6-5-7-10(12)16/h5-7,17H,3-4,8H2,1-2H3,(H,18,19)(H,20,21). The number of rotatable bonds is 7. The number of carbonyl (C=O) groups is 2. The molecule has 0 atom stereocenters. The molecule has 1 amide bonds. The Labute approximate surface area is 121 Å². The van der Waals surface area contributed by atoms with E-state index in [0.29, 0.717) is 0 Å². The van der Waals surface area contributed by atoms with Crippen molar-refractivity contribution in [1.29, 1.82) is 0 Å². The van der Waals surface area contributed by atoms with Gasteiger partial charge in [0.25, 0.3) is 0 Å². The van der Waals surface area contributed by atoms with Crippen molar-refractivity contribution in [3.8, 4) is 0 Å². The van der Waals surface area contributed by atoms with Crippen molar-refractivity contribution in [1.82, 2.24) is 5.32 Å². The summed E-state index contributed by atoms with van der Waals surface area (Å²) in [6, 6.07) is 3.22. The van der Waals surface area contributed by atoms with Gasteiger partial charge in [0.1, 0.15) is 22.9 Å². The van der Waals surface area contributed by atoms with Crippen LogP contribution in [0, 0.1) is 11.6 Å². The van der Waals surface area contributed by atoms with Crippen LogP contribution < -0.4 is 10.6 Å². The van der Waals surface area contributed by atoms with Crippen molar-refractivity contribution in [3.05, 3.63) is 29.8 Å². The first-order chi connectivity index (χ1) is 9.86. The lowest BCUT2D eigenvalue weighted by molar-refractivity contribution is -0.145. The zero-order valence-electron chi connectivity index (χ0n) is 11.9. The summed E-state index contributed by atoms with van der Waals surface area (Å²) in [4.78, 5) is 23.0. The first-order valence-corrected chi connectivity index (χ1v) is 6.58. The minimum atomic E-state index is -1.23. The molecule has 0 heterocycles. The van der Waals surface area contributed by atoms with Crippen LogP contribution in [0.25, 0.3) is 0 Å². The van der Waals surface area contributed by atoms with Crippen LogP contribution in [0.1, 0.15) is 26.7 Å². The number of carboxylic acids is 1. The van der Waals surface area contributed by atoms with E-state index in [4.69, 9.17) is 0 Å². The van der Waals surface area contributed by atoms with Gasteiger partial charge in [0, 0.05) is 0 Å². The lowest BCUT2D eigenvalue weighted by atomic mass is 9.93. The van der Waals surface area contributed by atoms with E-state index in [1.807, 2.05) is 0 Å². The van der Waals surface area contributed by atoms with E-state index < -0.39 is 34.7 Å². The highest BCUT2D eigenvalue weighted by Crippen LogP contribution is 2.18. The van der Waals surface area contributed by atoms with Crippen LogP contribution in [-0.4, -0.2) is 29.1 Å². The molecule has 0 aliphatic heterocycles. The van der Waals surface area contributed by atoms with E-state index in [1.165, 1.54) is 6.07 Å². The van der Waals surface area contributed by atoms with Crippen LogP contribution in [0.15, 0.2) is 18.2 Å². The SMILES string of the molecule is CCC(CC)(NCC(=O)Nc1c(F)cccc1F)C(=O)O. The number of benzene rings is 1. The van der Waals surface area contributed by atoms with E-state index in [0.717, 1.165) is 12.1 Å². The summed E-state index contributed by atoms with van der Waals surface area (Å²) >= 11 is 0. The number of para-hydroxylation sites is 1. The summed E-state index contributed by atoms with van der Waals surface area (Å²) in [5.74, 6) is -3.57. The fourth-order valence-corrected chi connectivity index (χ4v) is 1.93. The van der Waals surface area contributed by atoms with Crippen molar-refractivity contribution in [2.45, 2.75) is 32.2 Å². The maximum Gasteiger partial charge on any atom is 0.323 e. The Kier molecular flexibility index (Phi) is 5.78. The van der Waals surface area contributed by atoms with E-state index >= 15 is 0 Å². The predicted molar refractivity (Wildman–Crippen MR) is 73.9 cm³/mol. The maximum atomic E-state index is 13.4. The van der Waals surface area contributed by atoms with Crippen LogP contribution in [-0.2, 0) is 9.59 Å². The van der Waals surface area contributed by atoms with Gasteiger partial charge in [0.2, 0.25) is 5.91 Å². The van der Waals surface area contributed by atoms with Crippen LogP contribution >= 0.6 is 0 Å². The number of carboxylic acid groups (broad SMARTS) is 1. The average Bonchev–Trinajstić information content (AvgIpc) is 2.44. The first kappa shape index (κ1) is 17.0. The Balaban J connectivity index is 2.72.